The van der Waals surface area contributed by atoms with Crippen molar-refractivity contribution in [3.8, 4) is 22.8 Å². The summed E-state index contributed by atoms with van der Waals surface area (Å²) >= 11 is 0. The Hall–Kier alpha value is -2.30. The van der Waals surface area contributed by atoms with Crippen molar-refractivity contribution in [2.75, 3.05) is 26.1 Å². The van der Waals surface area contributed by atoms with Crippen molar-refractivity contribution in [3.63, 3.8) is 0 Å². The maximum absolute atomic E-state index is 5.51. The molecule has 5 nitrogen and oxygen atoms in total. The first-order valence-corrected chi connectivity index (χ1v) is 6.16. The fourth-order valence-corrected chi connectivity index (χ4v) is 2.28. The molecule has 1 aliphatic rings. The summed E-state index contributed by atoms with van der Waals surface area (Å²) in [4.78, 5) is 8.49. The van der Waals surface area contributed by atoms with Gasteiger partial charge in [0.2, 0.25) is 0 Å². The normalized spacial score (nSPS) is 12.7. The Morgan fingerprint density at radius 3 is 3.00 bits per heavy atom. The molecule has 0 bridgehead atoms. The fraction of sp³-hybridized carbons (Fsp3) is 0.286. The number of nitrogens with zero attached hydrogens (tertiary/aromatic N) is 2. The SMILES string of the molecule is CNc1ncnc(-c2ccc3c(c2)CCO3)c1OC. The Kier molecular flexibility index (Phi) is 2.95. The van der Waals surface area contributed by atoms with Crippen molar-refractivity contribution < 1.29 is 9.47 Å². The summed E-state index contributed by atoms with van der Waals surface area (Å²) in [6.07, 6.45) is 2.48. The largest absolute Gasteiger partial charge is 0.493 e. The molecule has 1 aliphatic heterocycles. The van der Waals surface area contributed by atoms with Crippen molar-refractivity contribution in [3.05, 3.63) is 30.1 Å². The topological polar surface area (TPSA) is 56.3 Å². The van der Waals surface area contributed by atoms with E-state index in [1.165, 1.54) is 11.9 Å². The molecule has 98 valence electrons. The highest BCUT2D eigenvalue weighted by molar-refractivity contribution is 5.73. The summed E-state index contributed by atoms with van der Waals surface area (Å²) in [5.41, 5.74) is 3.01. The molecule has 0 aliphatic carbocycles. The molecule has 0 fully saturated rings. The highest BCUT2D eigenvalue weighted by Gasteiger charge is 2.17. The van der Waals surface area contributed by atoms with E-state index in [2.05, 4.69) is 21.4 Å². The smallest absolute Gasteiger partial charge is 0.187 e. The molecule has 0 spiro atoms. The highest BCUT2D eigenvalue weighted by atomic mass is 16.5. The fourth-order valence-electron chi connectivity index (χ4n) is 2.28. The Morgan fingerprint density at radius 1 is 1.32 bits per heavy atom. The minimum absolute atomic E-state index is 0.656. The van der Waals surface area contributed by atoms with E-state index in [0.29, 0.717) is 11.6 Å². The average molecular weight is 257 g/mol. The molecule has 0 saturated heterocycles. The Morgan fingerprint density at radius 2 is 2.21 bits per heavy atom. The Balaban J connectivity index is 2.11. The molecular formula is C14H15N3O2. The van der Waals surface area contributed by atoms with Crippen molar-refractivity contribution in [2.45, 2.75) is 6.42 Å². The molecule has 0 saturated carbocycles. The predicted molar refractivity (Wildman–Crippen MR) is 72.8 cm³/mol. The monoisotopic (exact) mass is 257 g/mol. The summed E-state index contributed by atoms with van der Waals surface area (Å²) in [7, 11) is 3.44. The van der Waals surface area contributed by atoms with E-state index in [1.54, 1.807) is 7.11 Å². The molecule has 0 radical (unpaired) electrons. The summed E-state index contributed by atoms with van der Waals surface area (Å²) in [6, 6.07) is 6.08. The van der Waals surface area contributed by atoms with Crippen LogP contribution in [0.5, 0.6) is 11.5 Å². The van der Waals surface area contributed by atoms with Crippen LogP contribution in [0.4, 0.5) is 5.82 Å². The van der Waals surface area contributed by atoms with Crippen LogP contribution in [0, 0.1) is 0 Å². The van der Waals surface area contributed by atoms with Crippen LogP contribution >= 0.6 is 0 Å². The zero-order valence-corrected chi connectivity index (χ0v) is 10.9. The van der Waals surface area contributed by atoms with Gasteiger partial charge in [0, 0.05) is 19.0 Å². The van der Waals surface area contributed by atoms with E-state index >= 15 is 0 Å². The van der Waals surface area contributed by atoms with E-state index < -0.39 is 0 Å². The standard InChI is InChI=1S/C14H15N3O2/c1-15-14-13(18-2)12(16-8-17-14)10-3-4-11-9(7-10)5-6-19-11/h3-4,7-8H,5-6H2,1-2H3,(H,15,16,17). The van der Waals surface area contributed by atoms with Gasteiger partial charge in [-0.15, -0.1) is 0 Å². The van der Waals surface area contributed by atoms with Gasteiger partial charge in [0.05, 0.1) is 13.7 Å². The molecule has 1 aromatic carbocycles. The molecule has 0 amide bonds. The zero-order valence-electron chi connectivity index (χ0n) is 10.9. The van der Waals surface area contributed by atoms with Crippen molar-refractivity contribution in [1.82, 2.24) is 9.97 Å². The van der Waals surface area contributed by atoms with Gasteiger partial charge in [0.1, 0.15) is 17.8 Å². The van der Waals surface area contributed by atoms with Gasteiger partial charge in [-0.1, -0.05) is 0 Å². The Labute approximate surface area is 111 Å². The molecular weight excluding hydrogens is 242 g/mol. The maximum Gasteiger partial charge on any atom is 0.187 e. The second kappa shape index (κ2) is 4.76. The third kappa shape index (κ3) is 1.97. The van der Waals surface area contributed by atoms with Gasteiger partial charge >= 0.3 is 0 Å². The lowest BCUT2D eigenvalue weighted by atomic mass is 10.1. The molecule has 0 atom stereocenters. The molecule has 1 aromatic heterocycles. The second-order valence-electron chi connectivity index (χ2n) is 4.28. The first-order valence-electron chi connectivity index (χ1n) is 6.16. The zero-order chi connectivity index (χ0) is 13.2. The third-order valence-corrected chi connectivity index (χ3v) is 3.21. The molecule has 0 unspecified atom stereocenters. The van der Waals surface area contributed by atoms with Crippen LogP contribution in [0.3, 0.4) is 0 Å². The van der Waals surface area contributed by atoms with Gasteiger partial charge < -0.3 is 14.8 Å². The minimum Gasteiger partial charge on any atom is -0.493 e. The summed E-state index contributed by atoms with van der Waals surface area (Å²) in [5, 5.41) is 3.01. The molecule has 2 heterocycles. The van der Waals surface area contributed by atoms with E-state index in [9.17, 15) is 0 Å². The van der Waals surface area contributed by atoms with E-state index in [1.807, 2.05) is 19.2 Å². The van der Waals surface area contributed by atoms with Crippen molar-refractivity contribution in [2.24, 2.45) is 0 Å². The van der Waals surface area contributed by atoms with Crippen LogP contribution in [0.25, 0.3) is 11.3 Å². The first kappa shape index (κ1) is 11.8. The van der Waals surface area contributed by atoms with Crippen LogP contribution < -0.4 is 14.8 Å². The van der Waals surface area contributed by atoms with E-state index in [0.717, 1.165) is 30.0 Å². The van der Waals surface area contributed by atoms with E-state index in [-0.39, 0.29) is 0 Å². The van der Waals surface area contributed by atoms with Crippen LogP contribution in [0.1, 0.15) is 5.56 Å². The highest BCUT2D eigenvalue weighted by Crippen LogP contribution is 2.36. The molecule has 3 rings (SSSR count). The van der Waals surface area contributed by atoms with Crippen LogP contribution in [0.2, 0.25) is 0 Å². The van der Waals surface area contributed by atoms with Gasteiger partial charge in [0.25, 0.3) is 0 Å². The predicted octanol–water partition coefficient (Wildman–Crippen LogP) is 2.13. The second-order valence-corrected chi connectivity index (χ2v) is 4.28. The first-order chi connectivity index (χ1) is 9.33. The number of hydrogen-bond acceptors (Lipinski definition) is 5. The minimum atomic E-state index is 0.656. The molecule has 19 heavy (non-hydrogen) atoms. The van der Waals surface area contributed by atoms with Gasteiger partial charge in [0.15, 0.2) is 11.6 Å². The lowest BCUT2D eigenvalue weighted by Crippen LogP contribution is -2.00. The summed E-state index contributed by atoms with van der Waals surface area (Å²) in [5.74, 6) is 2.30. The lowest BCUT2D eigenvalue weighted by Gasteiger charge is -2.11. The maximum atomic E-state index is 5.51. The third-order valence-electron chi connectivity index (χ3n) is 3.21. The van der Waals surface area contributed by atoms with Crippen LogP contribution in [-0.4, -0.2) is 30.7 Å². The summed E-state index contributed by atoms with van der Waals surface area (Å²) in [6.45, 7) is 0.751. The van der Waals surface area contributed by atoms with Gasteiger partial charge in [-0.3, -0.25) is 0 Å². The molecule has 1 N–H and O–H groups in total. The van der Waals surface area contributed by atoms with Crippen molar-refractivity contribution in [1.29, 1.82) is 0 Å². The Bertz CT molecular complexity index is 614. The summed E-state index contributed by atoms with van der Waals surface area (Å²) < 4.78 is 10.9. The number of ether oxygens (including phenoxy) is 2. The molecule has 2 aromatic rings. The quantitative estimate of drug-likeness (QED) is 0.912. The van der Waals surface area contributed by atoms with Crippen LogP contribution in [0.15, 0.2) is 24.5 Å². The van der Waals surface area contributed by atoms with Crippen LogP contribution in [-0.2, 0) is 6.42 Å². The van der Waals surface area contributed by atoms with Crippen molar-refractivity contribution >= 4 is 5.82 Å². The number of benzene rings is 1. The number of nitrogens with one attached hydrogen (secondary N) is 1. The number of fused-ring (bicyclic) bond motifs is 1. The number of anilines is 1. The average Bonchev–Trinajstić information content (AvgIpc) is 2.93. The number of methoxy groups -OCH3 is 1. The number of rotatable bonds is 3. The molecule has 5 heteroatoms. The van der Waals surface area contributed by atoms with Gasteiger partial charge in [-0.05, 0) is 23.8 Å². The lowest BCUT2D eigenvalue weighted by molar-refractivity contribution is 0.357. The van der Waals surface area contributed by atoms with E-state index in [4.69, 9.17) is 9.47 Å². The van der Waals surface area contributed by atoms with Gasteiger partial charge in [-0.2, -0.15) is 0 Å². The number of aromatic nitrogens is 2. The van der Waals surface area contributed by atoms with Gasteiger partial charge in [-0.25, -0.2) is 9.97 Å². The number of hydrogen-bond donors (Lipinski definition) is 1.